The van der Waals surface area contributed by atoms with Crippen LogP contribution in [0.4, 0.5) is 8.78 Å². The Morgan fingerprint density at radius 3 is 2.25 bits per heavy atom. The first-order valence-electron chi connectivity index (χ1n) is 3.12. The summed E-state index contributed by atoms with van der Waals surface area (Å²) in [5.74, 6) is -1.37. The van der Waals surface area contributed by atoms with Gasteiger partial charge in [0.05, 0.1) is 0 Å². The summed E-state index contributed by atoms with van der Waals surface area (Å²) < 4.78 is 26.1. The third-order valence-electron chi connectivity index (χ3n) is 1.34. The number of benzene rings is 1. The van der Waals surface area contributed by atoms with Gasteiger partial charge < -0.3 is 4.85 Å². The molecule has 0 spiro atoms. The van der Waals surface area contributed by atoms with E-state index in [0.717, 1.165) is 12.1 Å². The quantitative estimate of drug-likeness (QED) is 0.655. The number of halogens is 3. The average Bonchev–Trinajstić information content (AvgIpc) is 1.96. The van der Waals surface area contributed by atoms with Crippen molar-refractivity contribution in [2.24, 2.45) is 0 Å². The molecule has 0 aliphatic carbocycles. The molecule has 0 aliphatic rings. The van der Waals surface area contributed by atoms with Crippen LogP contribution in [-0.2, 0) is 6.54 Å². The zero-order valence-electron chi connectivity index (χ0n) is 5.94. The third kappa shape index (κ3) is 1.80. The molecule has 0 heterocycles. The lowest BCUT2D eigenvalue weighted by atomic mass is 10.2. The summed E-state index contributed by atoms with van der Waals surface area (Å²) in [5, 5.41) is 0. The Morgan fingerprint density at radius 2 is 1.83 bits per heavy atom. The molecule has 1 rings (SSSR count). The minimum absolute atomic E-state index is 0.173. The van der Waals surface area contributed by atoms with Gasteiger partial charge in [-0.3, -0.25) is 0 Å². The Kier molecular flexibility index (Phi) is 2.77. The van der Waals surface area contributed by atoms with Crippen LogP contribution in [0.25, 0.3) is 4.85 Å². The molecular formula is C8H4BrF2N. The van der Waals surface area contributed by atoms with Crippen LogP contribution in [0.1, 0.15) is 5.56 Å². The van der Waals surface area contributed by atoms with Crippen LogP contribution < -0.4 is 0 Å². The van der Waals surface area contributed by atoms with Gasteiger partial charge in [0.1, 0.15) is 17.2 Å². The van der Waals surface area contributed by atoms with E-state index in [2.05, 4.69) is 20.8 Å². The van der Waals surface area contributed by atoms with Crippen molar-refractivity contribution in [3.05, 3.63) is 45.2 Å². The Morgan fingerprint density at radius 1 is 1.33 bits per heavy atom. The molecule has 0 unspecified atom stereocenters. The molecule has 0 amide bonds. The second-order valence-corrected chi connectivity index (χ2v) is 3.08. The lowest BCUT2D eigenvalue weighted by Gasteiger charge is -1.98. The van der Waals surface area contributed by atoms with Gasteiger partial charge in [0.15, 0.2) is 0 Å². The van der Waals surface area contributed by atoms with E-state index in [0.29, 0.717) is 4.47 Å². The van der Waals surface area contributed by atoms with Gasteiger partial charge in [-0.2, -0.15) is 0 Å². The molecule has 1 aromatic rings. The van der Waals surface area contributed by atoms with E-state index >= 15 is 0 Å². The van der Waals surface area contributed by atoms with Crippen molar-refractivity contribution in [2.75, 3.05) is 0 Å². The van der Waals surface area contributed by atoms with Crippen LogP contribution in [-0.4, -0.2) is 0 Å². The van der Waals surface area contributed by atoms with Crippen molar-refractivity contribution in [1.82, 2.24) is 0 Å². The predicted octanol–water partition coefficient (Wildman–Crippen LogP) is 3.15. The molecule has 0 atom stereocenters. The lowest BCUT2D eigenvalue weighted by molar-refractivity contribution is 0.561. The number of rotatable bonds is 1. The Balaban J connectivity index is 3.21. The molecule has 12 heavy (non-hydrogen) atoms. The second-order valence-electron chi connectivity index (χ2n) is 2.16. The summed E-state index contributed by atoms with van der Waals surface area (Å²) in [6, 6.07) is 2.28. The molecule has 0 aliphatic heterocycles. The normalized spacial score (nSPS) is 9.50. The van der Waals surface area contributed by atoms with E-state index in [1.807, 2.05) is 0 Å². The number of nitrogens with zero attached hydrogens (tertiary/aromatic N) is 1. The monoisotopic (exact) mass is 231 g/mol. The average molecular weight is 232 g/mol. The fourth-order valence-electron chi connectivity index (χ4n) is 0.802. The molecule has 0 aromatic heterocycles. The molecule has 4 heteroatoms. The maximum atomic E-state index is 12.9. The highest BCUT2D eigenvalue weighted by atomic mass is 79.9. The topological polar surface area (TPSA) is 4.36 Å². The summed E-state index contributed by atoms with van der Waals surface area (Å²) in [6.45, 7) is 6.21. The molecule has 1 nitrogen and oxygen atoms in total. The Labute approximate surface area is 77.0 Å². The number of hydrogen-bond donors (Lipinski definition) is 0. The van der Waals surface area contributed by atoms with E-state index in [9.17, 15) is 8.78 Å². The van der Waals surface area contributed by atoms with Crippen molar-refractivity contribution in [1.29, 1.82) is 0 Å². The standard InChI is InChI=1S/C8H4BrF2N/c1-12-4-6-7(10)2-5(9)3-8(6)11/h2-3H,4H2. The smallest absolute Gasteiger partial charge is 0.245 e. The third-order valence-corrected chi connectivity index (χ3v) is 1.80. The fourth-order valence-corrected chi connectivity index (χ4v) is 1.20. The lowest BCUT2D eigenvalue weighted by Crippen LogP contribution is -1.92. The van der Waals surface area contributed by atoms with Gasteiger partial charge in [0.2, 0.25) is 6.54 Å². The van der Waals surface area contributed by atoms with Crippen LogP contribution >= 0.6 is 15.9 Å². The summed E-state index contributed by atoms with van der Waals surface area (Å²) in [6.07, 6.45) is 0. The first-order chi connectivity index (χ1) is 5.65. The molecule has 0 saturated carbocycles. The molecule has 0 fully saturated rings. The van der Waals surface area contributed by atoms with E-state index in [1.54, 1.807) is 0 Å². The van der Waals surface area contributed by atoms with Gasteiger partial charge in [0.25, 0.3) is 0 Å². The Bertz CT molecular complexity index is 320. The van der Waals surface area contributed by atoms with Gasteiger partial charge in [0, 0.05) is 4.47 Å². The van der Waals surface area contributed by atoms with Crippen molar-refractivity contribution >= 4 is 15.9 Å². The summed E-state index contributed by atoms with van der Waals surface area (Å²) in [5.41, 5.74) is -0.173. The van der Waals surface area contributed by atoms with Crippen LogP contribution in [0.2, 0.25) is 0 Å². The van der Waals surface area contributed by atoms with Crippen molar-refractivity contribution in [3.63, 3.8) is 0 Å². The fraction of sp³-hybridized carbons (Fsp3) is 0.125. The van der Waals surface area contributed by atoms with E-state index < -0.39 is 11.6 Å². The van der Waals surface area contributed by atoms with Crippen LogP contribution in [0.15, 0.2) is 16.6 Å². The molecule has 0 bridgehead atoms. The van der Waals surface area contributed by atoms with E-state index in [-0.39, 0.29) is 12.1 Å². The van der Waals surface area contributed by atoms with E-state index in [4.69, 9.17) is 6.57 Å². The van der Waals surface area contributed by atoms with Gasteiger partial charge in [-0.1, -0.05) is 15.9 Å². The van der Waals surface area contributed by atoms with Crippen molar-refractivity contribution < 1.29 is 8.78 Å². The highest BCUT2D eigenvalue weighted by Gasteiger charge is 2.11. The largest absolute Gasteiger partial charge is 0.312 e. The van der Waals surface area contributed by atoms with Crippen LogP contribution in [0.3, 0.4) is 0 Å². The van der Waals surface area contributed by atoms with Crippen LogP contribution in [0.5, 0.6) is 0 Å². The number of hydrogen-bond acceptors (Lipinski definition) is 0. The zero-order chi connectivity index (χ0) is 9.14. The zero-order valence-corrected chi connectivity index (χ0v) is 7.53. The van der Waals surface area contributed by atoms with Gasteiger partial charge in [-0.25, -0.2) is 15.4 Å². The van der Waals surface area contributed by atoms with Crippen molar-refractivity contribution in [2.45, 2.75) is 6.54 Å². The van der Waals surface area contributed by atoms with Gasteiger partial charge in [-0.15, -0.1) is 0 Å². The second kappa shape index (κ2) is 3.63. The van der Waals surface area contributed by atoms with Crippen LogP contribution in [0, 0.1) is 18.2 Å². The molecule has 0 saturated heterocycles. The summed E-state index contributed by atoms with van der Waals surface area (Å²) >= 11 is 2.94. The van der Waals surface area contributed by atoms with E-state index in [1.165, 1.54) is 0 Å². The molecule has 0 radical (unpaired) electrons. The minimum Gasteiger partial charge on any atom is -0.312 e. The summed E-state index contributed by atoms with van der Waals surface area (Å²) in [4.78, 5) is 2.91. The molecule has 0 N–H and O–H groups in total. The Hall–Kier alpha value is -0.950. The predicted molar refractivity (Wildman–Crippen MR) is 44.4 cm³/mol. The van der Waals surface area contributed by atoms with Crippen molar-refractivity contribution in [3.8, 4) is 0 Å². The van der Waals surface area contributed by atoms with Gasteiger partial charge in [-0.05, 0) is 12.1 Å². The molecule has 1 aromatic carbocycles. The molecular weight excluding hydrogens is 228 g/mol. The highest BCUT2D eigenvalue weighted by molar-refractivity contribution is 9.10. The highest BCUT2D eigenvalue weighted by Crippen LogP contribution is 2.19. The first-order valence-corrected chi connectivity index (χ1v) is 3.91. The maximum absolute atomic E-state index is 12.9. The minimum atomic E-state index is -0.683. The SMILES string of the molecule is [C-]#[N+]Cc1c(F)cc(Br)cc1F. The summed E-state index contributed by atoms with van der Waals surface area (Å²) in [7, 11) is 0. The molecule has 62 valence electrons. The first kappa shape index (κ1) is 9.14. The maximum Gasteiger partial charge on any atom is 0.245 e. The van der Waals surface area contributed by atoms with Gasteiger partial charge >= 0.3 is 0 Å².